The fraction of sp³-hybridized carbons (Fsp3) is 0.333. The van der Waals surface area contributed by atoms with Gasteiger partial charge in [0.1, 0.15) is 12.4 Å². The third kappa shape index (κ3) is 3.20. The minimum Gasteiger partial charge on any atom is -0.491 e. The second-order valence-corrected chi connectivity index (χ2v) is 5.48. The highest BCUT2D eigenvalue weighted by Crippen LogP contribution is 2.23. The molecule has 2 heteroatoms. The summed E-state index contributed by atoms with van der Waals surface area (Å²) in [4.78, 5) is 0. The molecule has 0 fully saturated rings. The predicted octanol–water partition coefficient (Wildman–Crippen LogP) is 4.00. The van der Waals surface area contributed by atoms with Crippen LogP contribution < -0.4 is 10.5 Å². The van der Waals surface area contributed by atoms with Crippen LogP contribution in [0.4, 0.5) is 0 Å². The number of aryl methyl sites for hydroxylation is 3. The number of nitrogens with two attached hydrogens (primary N) is 1. The van der Waals surface area contributed by atoms with Gasteiger partial charge in [-0.2, -0.15) is 0 Å². The van der Waals surface area contributed by atoms with E-state index in [2.05, 4.69) is 52.0 Å². The van der Waals surface area contributed by atoms with Gasteiger partial charge in [0.05, 0.1) is 6.04 Å². The zero-order valence-electron chi connectivity index (χ0n) is 12.7. The first-order valence-electron chi connectivity index (χ1n) is 7.01. The van der Waals surface area contributed by atoms with E-state index < -0.39 is 0 Å². The summed E-state index contributed by atoms with van der Waals surface area (Å²) in [6, 6.07) is 12.4. The van der Waals surface area contributed by atoms with Crippen LogP contribution in [0.3, 0.4) is 0 Å². The summed E-state index contributed by atoms with van der Waals surface area (Å²) in [6.07, 6.45) is 0. The fourth-order valence-electron chi connectivity index (χ4n) is 2.31. The Balaban J connectivity index is 2.10. The molecule has 2 N–H and O–H groups in total. The van der Waals surface area contributed by atoms with E-state index in [1.807, 2.05) is 12.1 Å². The van der Waals surface area contributed by atoms with Crippen molar-refractivity contribution >= 4 is 0 Å². The van der Waals surface area contributed by atoms with Gasteiger partial charge in [0.2, 0.25) is 0 Å². The lowest BCUT2D eigenvalue weighted by atomic mass is 10.00. The molecule has 0 aliphatic heterocycles. The molecule has 0 radical (unpaired) electrons. The average molecular weight is 269 g/mol. The van der Waals surface area contributed by atoms with Crippen LogP contribution in [-0.4, -0.2) is 6.61 Å². The largest absolute Gasteiger partial charge is 0.491 e. The molecule has 0 spiro atoms. The van der Waals surface area contributed by atoms with Crippen LogP contribution in [0.15, 0.2) is 36.4 Å². The highest BCUT2D eigenvalue weighted by atomic mass is 16.5. The van der Waals surface area contributed by atoms with Crippen molar-refractivity contribution in [3.05, 3.63) is 64.2 Å². The maximum Gasteiger partial charge on any atom is 0.122 e. The Morgan fingerprint density at radius 3 is 2.50 bits per heavy atom. The Kier molecular flexibility index (Phi) is 4.46. The Bertz CT molecular complexity index is 604. The van der Waals surface area contributed by atoms with Crippen molar-refractivity contribution < 1.29 is 4.74 Å². The molecular formula is C18H23NO. The number of benzene rings is 2. The van der Waals surface area contributed by atoms with Gasteiger partial charge >= 0.3 is 0 Å². The molecule has 1 unspecified atom stereocenters. The van der Waals surface area contributed by atoms with Crippen molar-refractivity contribution in [2.45, 2.75) is 33.7 Å². The molecule has 0 bridgehead atoms. The number of hydrogen-bond acceptors (Lipinski definition) is 2. The summed E-state index contributed by atoms with van der Waals surface area (Å²) in [6.45, 7) is 8.84. The first kappa shape index (κ1) is 14.6. The van der Waals surface area contributed by atoms with Crippen LogP contribution in [0.2, 0.25) is 0 Å². The monoisotopic (exact) mass is 269 g/mol. The lowest BCUT2D eigenvalue weighted by Crippen LogP contribution is -2.20. The van der Waals surface area contributed by atoms with Gasteiger partial charge in [-0.3, -0.25) is 0 Å². The topological polar surface area (TPSA) is 35.2 Å². The summed E-state index contributed by atoms with van der Waals surface area (Å²) in [5, 5.41) is 0. The van der Waals surface area contributed by atoms with Crippen LogP contribution in [0.1, 0.15) is 33.9 Å². The quantitative estimate of drug-likeness (QED) is 0.910. The molecule has 0 amide bonds. The van der Waals surface area contributed by atoms with E-state index in [-0.39, 0.29) is 6.04 Å². The van der Waals surface area contributed by atoms with Crippen molar-refractivity contribution in [3.8, 4) is 5.75 Å². The molecule has 0 aliphatic rings. The molecule has 2 aromatic rings. The Morgan fingerprint density at radius 1 is 1.00 bits per heavy atom. The number of hydrogen-bond donors (Lipinski definition) is 1. The Hall–Kier alpha value is -1.80. The smallest absolute Gasteiger partial charge is 0.122 e. The maximum atomic E-state index is 6.28. The molecule has 20 heavy (non-hydrogen) atoms. The van der Waals surface area contributed by atoms with E-state index in [0.717, 1.165) is 11.3 Å². The van der Waals surface area contributed by atoms with Crippen LogP contribution >= 0.6 is 0 Å². The second kappa shape index (κ2) is 6.10. The van der Waals surface area contributed by atoms with E-state index >= 15 is 0 Å². The molecule has 0 saturated heterocycles. The van der Waals surface area contributed by atoms with Gasteiger partial charge in [0, 0.05) is 0 Å². The minimum absolute atomic E-state index is 0.102. The number of rotatable bonds is 4. The molecule has 106 valence electrons. The first-order valence-corrected chi connectivity index (χ1v) is 7.01. The van der Waals surface area contributed by atoms with Crippen molar-refractivity contribution in [2.24, 2.45) is 5.73 Å². The van der Waals surface area contributed by atoms with Crippen molar-refractivity contribution in [1.82, 2.24) is 0 Å². The molecule has 0 aliphatic carbocycles. The SMILES string of the molecule is Cc1ccc(C)c(C(N)COc2cccc(C)c2C)c1. The molecule has 2 nitrogen and oxygen atoms in total. The summed E-state index contributed by atoms with van der Waals surface area (Å²) in [5.41, 5.74) is 12.3. The van der Waals surface area contributed by atoms with Crippen LogP contribution in [-0.2, 0) is 0 Å². The van der Waals surface area contributed by atoms with Gasteiger partial charge in [-0.15, -0.1) is 0 Å². The highest BCUT2D eigenvalue weighted by Gasteiger charge is 2.11. The van der Waals surface area contributed by atoms with Gasteiger partial charge < -0.3 is 10.5 Å². The Labute approximate surface area is 121 Å². The molecule has 0 aromatic heterocycles. The van der Waals surface area contributed by atoms with Crippen molar-refractivity contribution in [3.63, 3.8) is 0 Å². The minimum atomic E-state index is -0.102. The zero-order valence-corrected chi connectivity index (χ0v) is 12.7. The van der Waals surface area contributed by atoms with E-state index in [1.54, 1.807) is 0 Å². The average Bonchev–Trinajstić information content (AvgIpc) is 2.43. The van der Waals surface area contributed by atoms with Gasteiger partial charge in [0.25, 0.3) is 0 Å². The Morgan fingerprint density at radius 2 is 1.75 bits per heavy atom. The van der Waals surface area contributed by atoms with Crippen LogP contribution in [0, 0.1) is 27.7 Å². The third-order valence-electron chi connectivity index (χ3n) is 3.81. The van der Waals surface area contributed by atoms with E-state index in [4.69, 9.17) is 10.5 Å². The third-order valence-corrected chi connectivity index (χ3v) is 3.81. The van der Waals surface area contributed by atoms with E-state index in [0.29, 0.717) is 6.61 Å². The molecule has 0 saturated carbocycles. The summed E-state index contributed by atoms with van der Waals surface area (Å²) in [7, 11) is 0. The fourth-order valence-corrected chi connectivity index (χ4v) is 2.31. The zero-order chi connectivity index (χ0) is 14.7. The maximum absolute atomic E-state index is 6.28. The molecule has 2 aromatic carbocycles. The molecular weight excluding hydrogens is 246 g/mol. The summed E-state index contributed by atoms with van der Waals surface area (Å²) in [5.74, 6) is 0.922. The van der Waals surface area contributed by atoms with Crippen molar-refractivity contribution in [1.29, 1.82) is 0 Å². The van der Waals surface area contributed by atoms with Gasteiger partial charge in [0.15, 0.2) is 0 Å². The number of ether oxygens (including phenoxy) is 1. The first-order chi connectivity index (χ1) is 9.49. The predicted molar refractivity (Wildman–Crippen MR) is 84.3 cm³/mol. The lowest BCUT2D eigenvalue weighted by molar-refractivity contribution is 0.288. The summed E-state index contributed by atoms with van der Waals surface area (Å²) >= 11 is 0. The van der Waals surface area contributed by atoms with Gasteiger partial charge in [-0.05, 0) is 56.0 Å². The second-order valence-electron chi connectivity index (χ2n) is 5.48. The molecule has 1 atom stereocenters. The van der Waals surface area contributed by atoms with Crippen LogP contribution in [0.25, 0.3) is 0 Å². The van der Waals surface area contributed by atoms with Crippen molar-refractivity contribution in [2.75, 3.05) is 6.61 Å². The van der Waals surface area contributed by atoms with E-state index in [9.17, 15) is 0 Å². The standard InChI is InChI=1S/C18H23NO/c1-12-8-9-14(3)16(10-12)17(19)11-20-18-7-5-6-13(2)15(18)4/h5-10,17H,11,19H2,1-4H3. The van der Waals surface area contributed by atoms with Crippen LogP contribution in [0.5, 0.6) is 5.75 Å². The normalized spacial score (nSPS) is 12.2. The van der Waals surface area contributed by atoms with E-state index in [1.165, 1.54) is 22.3 Å². The van der Waals surface area contributed by atoms with Gasteiger partial charge in [-0.25, -0.2) is 0 Å². The lowest BCUT2D eigenvalue weighted by Gasteiger charge is -2.18. The molecule has 0 heterocycles. The molecule has 2 rings (SSSR count). The highest BCUT2D eigenvalue weighted by molar-refractivity contribution is 5.38. The summed E-state index contributed by atoms with van der Waals surface area (Å²) < 4.78 is 5.90. The van der Waals surface area contributed by atoms with Gasteiger partial charge in [-0.1, -0.05) is 35.9 Å².